The smallest absolute Gasteiger partial charge is 0.407 e. The summed E-state index contributed by atoms with van der Waals surface area (Å²) in [6.45, 7) is 7.67. The number of hydrogen-bond donors (Lipinski definition) is 9. The SMILES string of the molecule is CC#CCn1c(N2CCCC(NC(=O)OC(C)(C)C)C2)nc2c1c(=O)n(Cc1nc(NCCCCCCCn3cc(CN(C[C@H](O)[C@@H](O)[C@@H]4OC(c5ccccc5)OC[C@H]4O)C[C@H](O)[C@@H](O)[C@@H]4OC(c5ccccc5)OC[C@H]4O)nn3)ccc1C(=O)O)c(=O)n2C. The fraction of sp³-hybridized carbons (Fsp3) is 0.556. The fourth-order valence-electron chi connectivity index (χ4n) is 11.4. The van der Waals surface area contributed by atoms with Crippen LogP contribution in [0.25, 0.3) is 11.2 Å². The number of pyridine rings is 1. The molecule has 1 amide bonds. The highest BCUT2D eigenvalue weighted by atomic mass is 16.7. The highest BCUT2D eigenvalue weighted by molar-refractivity contribution is 5.89. The summed E-state index contributed by atoms with van der Waals surface area (Å²) in [5.41, 5.74) is -0.291. The summed E-state index contributed by atoms with van der Waals surface area (Å²) in [6, 6.07) is 20.6. The lowest BCUT2D eigenvalue weighted by Gasteiger charge is -2.40. The molecule has 9 rings (SSSR count). The van der Waals surface area contributed by atoms with E-state index >= 15 is 0 Å². The molecule has 7 heterocycles. The number of carbonyl (C=O) groups is 2. The predicted octanol–water partition coefficient (Wildman–Crippen LogP) is 2.40. The maximum Gasteiger partial charge on any atom is 0.407 e. The molecule has 0 bridgehead atoms. The van der Waals surface area contributed by atoms with E-state index in [1.54, 1.807) is 96.6 Å². The third-order valence-electron chi connectivity index (χ3n) is 16.1. The van der Waals surface area contributed by atoms with Gasteiger partial charge in [0.05, 0.1) is 55.5 Å². The Hall–Kier alpha value is -7.66. The molecule has 0 radical (unpaired) electrons. The number of carboxylic acids is 1. The third kappa shape index (κ3) is 17.5. The number of nitrogens with zero attached hydrogens (tertiary/aromatic N) is 10. The summed E-state index contributed by atoms with van der Waals surface area (Å²) < 4.78 is 34.4. The number of ether oxygens (including phenoxy) is 5. The molecule has 28 nitrogen and oxygen atoms in total. The van der Waals surface area contributed by atoms with E-state index in [1.165, 1.54) is 23.7 Å². The van der Waals surface area contributed by atoms with Gasteiger partial charge in [0.15, 0.2) is 23.7 Å². The zero-order valence-corrected chi connectivity index (χ0v) is 51.9. The second kappa shape index (κ2) is 31.1. The Kier molecular flexibility index (Phi) is 23.1. The molecule has 9 N–H and O–H groups in total. The first-order valence-corrected chi connectivity index (χ1v) is 30.8. The molecule has 3 aliphatic rings. The van der Waals surface area contributed by atoms with Crippen LogP contribution in [0.5, 0.6) is 0 Å². The van der Waals surface area contributed by atoms with E-state index in [-0.39, 0.29) is 67.9 Å². The lowest BCUT2D eigenvalue weighted by atomic mass is 9.99. The van der Waals surface area contributed by atoms with Gasteiger partial charge in [-0.2, -0.15) is 4.98 Å². The zero-order chi connectivity index (χ0) is 64.9. The number of carboxylic acid groups (broad SMARTS) is 1. The van der Waals surface area contributed by atoms with E-state index in [2.05, 4.69) is 37.8 Å². The fourth-order valence-corrected chi connectivity index (χ4v) is 11.4. The molecule has 28 heteroatoms. The number of aromatic carboxylic acids is 1. The first kappa shape index (κ1) is 67.7. The van der Waals surface area contributed by atoms with Crippen molar-refractivity contribution >= 4 is 35.0 Å². The number of imidazole rings is 1. The van der Waals surface area contributed by atoms with Crippen LogP contribution in [0.2, 0.25) is 0 Å². The molecule has 492 valence electrons. The van der Waals surface area contributed by atoms with Crippen LogP contribution in [0.3, 0.4) is 0 Å². The minimum Gasteiger partial charge on any atom is -0.478 e. The van der Waals surface area contributed by atoms with Gasteiger partial charge < -0.3 is 75.0 Å². The van der Waals surface area contributed by atoms with Gasteiger partial charge in [-0.3, -0.25) is 28.1 Å². The second-order valence-corrected chi connectivity index (χ2v) is 24.2. The van der Waals surface area contributed by atoms with Crippen molar-refractivity contribution in [3.05, 3.63) is 128 Å². The van der Waals surface area contributed by atoms with Crippen LogP contribution in [0, 0.1) is 11.8 Å². The first-order chi connectivity index (χ1) is 43.7. The summed E-state index contributed by atoms with van der Waals surface area (Å²) in [5.74, 6) is 5.36. The molecular weight excluding hydrogens is 1180 g/mol. The molecule has 0 saturated carbocycles. The number of rotatable bonds is 27. The topological polar surface area (TPSA) is 358 Å². The number of amides is 1. The Morgan fingerprint density at radius 3 is 2.04 bits per heavy atom. The molecule has 6 aromatic rings. The number of anilines is 2. The molecular formula is C63H84N12O16. The number of aryl methyl sites for hydroxylation is 2. The first-order valence-electron chi connectivity index (χ1n) is 30.8. The number of benzene rings is 2. The van der Waals surface area contributed by atoms with E-state index in [4.69, 9.17) is 28.7 Å². The predicted molar refractivity (Wildman–Crippen MR) is 331 cm³/mol. The van der Waals surface area contributed by atoms with Crippen molar-refractivity contribution in [3.63, 3.8) is 0 Å². The van der Waals surface area contributed by atoms with E-state index in [0.29, 0.717) is 67.6 Å². The molecule has 4 aromatic heterocycles. The number of piperidine rings is 1. The van der Waals surface area contributed by atoms with Gasteiger partial charge in [0, 0.05) is 76.2 Å². The average molecular weight is 1270 g/mol. The molecule has 3 aliphatic heterocycles. The minimum absolute atomic E-state index is 0.00181. The van der Waals surface area contributed by atoms with Crippen LogP contribution >= 0.6 is 0 Å². The Morgan fingerprint density at radius 2 is 1.44 bits per heavy atom. The van der Waals surface area contributed by atoms with Crippen LogP contribution in [0.4, 0.5) is 16.6 Å². The van der Waals surface area contributed by atoms with Crippen molar-refractivity contribution in [3.8, 4) is 11.8 Å². The highest BCUT2D eigenvalue weighted by Crippen LogP contribution is 2.32. The van der Waals surface area contributed by atoms with Gasteiger partial charge in [-0.15, -0.1) is 11.0 Å². The van der Waals surface area contributed by atoms with Crippen LogP contribution in [0.1, 0.15) is 118 Å². The van der Waals surface area contributed by atoms with Crippen molar-refractivity contribution in [1.29, 1.82) is 0 Å². The Morgan fingerprint density at radius 1 is 0.824 bits per heavy atom. The monoisotopic (exact) mass is 1260 g/mol. The van der Waals surface area contributed by atoms with Gasteiger partial charge in [0.25, 0.3) is 5.56 Å². The third-order valence-corrected chi connectivity index (χ3v) is 16.1. The van der Waals surface area contributed by atoms with Gasteiger partial charge in [0.2, 0.25) is 5.95 Å². The maximum atomic E-state index is 14.5. The summed E-state index contributed by atoms with van der Waals surface area (Å²) in [5, 5.41) is 92.9. The summed E-state index contributed by atoms with van der Waals surface area (Å²) in [6.07, 6.45) is -6.62. The molecule has 3 saturated heterocycles. The van der Waals surface area contributed by atoms with Crippen LogP contribution in [0.15, 0.2) is 88.6 Å². The van der Waals surface area contributed by atoms with E-state index in [0.717, 1.165) is 36.7 Å². The molecule has 11 atom stereocenters. The summed E-state index contributed by atoms with van der Waals surface area (Å²) >= 11 is 0. The van der Waals surface area contributed by atoms with E-state index in [9.17, 15) is 54.9 Å². The number of alkyl carbamates (subject to hydrolysis) is 1. The summed E-state index contributed by atoms with van der Waals surface area (Å²) in [7, 11) is 1.49. The van der Waals surface area contributed by atoms with Gasteiger partial charge in [-0.1, -0.05) is 91.1 Å². The quantitative estimate of drug-likeness (QED) is 0.0264. The Balaban J connectivity index is 0.791. The number of fused-ring (bicyclic) bond motifs is 1. The van der Waals surface area contributed by atoms with E-state index < -0.39 is 96.9 Å². The van der Waals surface area contributed by atoms with Gasteiger partial charge >= 0.3 is 17.8 Å². The van der Waals surface area contributed by atoms with Crippen molar-refractivity contribution in [2.24, 2.45) is 7.05 Å². The van der Waals surface area contributed by atoms with Gasteiger partial charge in [-0.05, 0) is 65.5 Å². The Labute approximate surface area is 525 Å². The maximum absolute atomic E-state index is 14.5. The molecule has 3 fully saturated rings. The van der Waals surface area contributed by atoms with Gasteiger partial charge in [-0.25, -0.2) is 19.4 Å². The number of unbranched alkanes of at least 4 members (excludes halogenated alkanes) is 4. The molecule has 0 spiro atoms. The minimum atomic E-state index is -1.62. The Bertz CT molecular complexity index is 3490. The normalized spacial score (nSPS) is 21.8. The van der Waals surface area contributed by atoms with Gasteiger partial charge in [0.1, 0.15) is 48.0 Å². The summed E-state index contributed by atoms with van der Waals surface area (Å²) in [4.78, 5) is 66.7. The lowest BCUT2D eigenvalue weighted by Crippen LogP contribution is -2.56. The second-order valence-electron chi connectivity index (χ2n) is 24.2. The van der Waals surface area contributed by atoms with Crippen molar-refractivity contribution in [1.82, 2.24) is 48.9 Å². The average Bonchev–Trinajstić information content (AvgIpc) is 1.64. The number of aromatic nitrogens is 8. The zero-order valence-electron chi connectivity index (χ0n) is 51.9. The molecule has 91 heavy (non-hydrogen) atoms. The highest BCUT2D eigenvalue weighted by Gasteiger charge is 2.43. The van der Waals surface area contributed by atoms with Crippen LogP contribution < -0.4 is 26.8 Å². The van der Waals surface area contributed by atoms with E-state index in [1.807, 2.05) is 17.0 Å². The number of aliphatic hydroxyl groups is 6. The van der Waals surface area contributed by atoms with Crippen LogP contribution in [-0.2, 0) is 56.9 Å². The molecule has 0 aliphatic carbocycles. The number of nitrogens with one attached hydrogen (secondary N) is 2. The number of hydrogen-bond acceptors (Lipinski definition) is 22. The molecule has 2 aromatic carbocycles. The standard InChI is InChI=1S/C63H84N12O16/c1-6-7-30-74-50-55(67-60(74)72-28-19-24-41(32-72)65-61(85)91-63(2,3)4)70(5)62(86)75(56(50)82)34-44-43(57(83)84)25-26-49(66-44)64-27-17-9-8-10-18-29-73-33-42(68-69-73)31-71(35-45(76)51(80)53-47(78)37-87-58(89-53)39-20-13-11-14-21-39)36-46(77)52(81)54-48(79)38-88-59(90-54)40-22-15-12-16-23-40/h11-16,20-23,25-26,33,41,45-48,51-54,58-59,76-81H,8-10,17-19,24,27-32,34-38H2,1-5H3,(H,64,66)(H,65,85)(H,83,84)/t41?,45-,46-,47+,48+,51+,52+,53+,54+,58?,59?/m0/s1. The largest absolute Gasteiger partial charge is 0.478 e. The van der Waals surface area contributed by atoms with Crippen molar-refractivity contribution < 1.29 is 69.0 Å². The number of carbonyl (C=O) groups excluding carboxylic acids is 1. The van der Waals surface area contributed by atoms with Crippen LogP contribution in [-0.4, -0.2) is 198 Å². The van der Waals surface area contributed by atoms with Crippen molar-refractivity contribution in [2.75, 3.05) is 56.2 Å². The molecule has 3 unspecified atom stereocenters. The number of aliphatic hydroxyl groups excluding tert-OH is 6. The van der Waals surface area contributed by atoms with Crippen molar-refractivity contribution in [2.45, 2.75) is 172 Å². The lowest BCUT2D eigenvalue weighted by molar-refractivity contribution is -0.285.